The van der Waals surface area contributed by atoms with Gasteiger partial charge in [-0.3, -0.25) is 14.5 Å². The van der Waals surface area contributed by atoms with Gasteiger partial charge >= 0.3 is 5.97 Å². The molecule has 0 radical (unpaired) electrons. The average Bonchev–Trinajstić information content (AvgIpc) is 2.64. The summed E-state index contributed by atoms with van der Waals surface area (Å²) in [4.78, 5) is 23.9. The molecular weight excluding hydrogens is 226 g/mol. The number of hydrogen-bond acceptors (Lipinski definition) is 5. The number of piperazine rings is 1. The Morgan fingerprint density at radius 2 is 2.47 bits per heavy atom. The zero-order valence-corrected chi connectivity index (χ0v) is 9.33. The molecule has 1 amide bonds. The SMILES string of the molecule is Cn1cnnc1CN1CC(=O)NCC1C(=O)O. The lowest BCUT2D eigenvalue weighted by atomic mass is 10.2. The van der Waals surface area contributed by atoms with E-state index in [4.69, 9.17) is 5.11 Å². The molecule has 8 nitrogen and oxygen atoms in total. The molecule has 1 aliphatic heterocycles. The molecule has 0 bridgehead atoms. The van der Waals surface area contributed by atoms with E-state index in [9.17, 15) is 9.59 Å². The van der Waals surface area contributed by atoms with Crippen LogP contribution in [0.25, 0.3) is 0 Å². The molecule has 2 heterocycles. The van der Waals surface area contributed by atoms with Crippen molar-refractivity contribution in [2.24, 2.45) is 7.05 Å². The van der Waals surface area contributed by atoms with Crippen molar-refractivity contribution >= 4 is 11.9 Å². The molecule has 1 unspecified atom stereocenters. The molecule has 2 rings (SSSR count). The predicted molar refractivity (Wildman–Crippen MR) is 55.8 cm³/mol. The summed E-state index contributed by atoms with van der Waals surface area (Å²) < 4.78 is 1.70. The first-order valence-electron chi connectivity index (χ1n) is 5.14. The first-order chi connectivity index (χ1) is 8.08. The minimum Gasteiger partial charge on any atom is -0.480 e. The summed E-state index contributed by atoms with van der Waals surface area (Å²) in [5, 5.41) is 19.2. The normalized spacial score (nSPS) is 21.2. The van der Waals surface area contributed by atoms with Crippen molar-refractivity contribution in [2.75, 3.05) is 13.1 Å². The van der Waals surface area contributed by atoms with Gasteiger partial charge in [0.05, 0.1) is 13.1 Å². The maximum atomic E-state index is 11.3. The number of aromatic nitrogens is 3. The number of nitrogens with one attached hydrogen (secondary N) is 1. The molecule has 0 spiro atoms. The Bertz CT molecular complexity index is 444. The highest BCUT2D eigenvalue weighted by molar-refractivity contribution is 5.83. The van der Waals surface area contributed by atoms with E-state index in [1.807, 2.05) is 0 Å². The molecule has 92 valence electrons. The predicted octanol–water partition coefficient (Wildman–Crippen LogP) is -1.80. The van der Waals surface area contributed by atoms with Gasteiger partial charge in [0.15, 0.2) is 0 Å². The lowest BCUT2D eigenvalue weighted by molar-refractivity contribution is -0.146. The molecule has 1 aliphatic rings. The van der Waals surface area contributed by atoms with Crippen LogP contribution in [0, 0.1) is 0 Å². The Hall–Kier alpha value is -1.96. The maximum Gasteiger partial charge on any atom is 0.322 e. The van der Waals surface area contributed by atoms with E-state index in [0.29, 0.717) is 12.4 Å². The fourth-order valence-electron chi connectivity index (χ4n) is 1.73. The first-order valence-corrected chi connectivity index (χ1v) is 5.14. The van der Waals surface area contributed by atoms with Crippen molar-refractivity contribution in [1.29, 1.82) is 0 Å². The van der Waals surface area contributed by atoms with Crippen LogP contribution in [0.5, 0.6) is 0 Å². The minimum absolute atomic E-state index is 0.0594. The highest BCUT2D eigenvalue weighted by Crippen LogP contribution is 2.08. The highest BCUT2D eigenvalue weighted by Gasteiger charge is 2.32. The molecular formula is C9H13N5O3. The Balaban J connectivity index is 2.13. The van der Waals surface area contributed by atoms with Crippen LogP contribution in [-0.4, -0.2) is 55.8 Å². The van der Waals surface area contributed by atoms with E-state index in [2.05, 4.69) is 15.5 Å². The summed E-state index contributed by atoms with van der Waals surface area (Å²) in [5.41, 5.74) is 0. The third kappa shape index (κ3) is 2.41. The Labute approximate surface area is 97.2 Å². The van der Waals surface area contributed by atoms with Crippen molar-refractivity contribution in [2.45, 2.75) is 12.6 Å². The van der Waals surface area contributed by atoms with E-state index in [1.54, 1.807) is 16.5 Å². The van der Waals surface area contributed by atoms with Crippen LogP contribution in [0.2, 0.25) is 0 Å². The summed E-state index contributed by atoms with van der Waals surface area (Å²) >= 11 is 0. The molecule has 1 fully saturated rings. The van der Waals surface area contributed by atoms with E-state index < -0.39 is 12.0 Å². The summed E-state index contributed by atoms with van der Waals surface area (Å²) in [7, 11) is 1.77. The van der Waals surface area contributed by atoms with Gasteiger partial charge in [-0.2, -0.15) is 0 Å². The zero-order valence-electron chi connectivity index (χ0n) is 9.33. The summed E-state index contributed by atoms with van der Waals surface area (Å²) in [6, 6.07) is -0.718. The second kappa shape index (κ2) is 4.50. The lowest BCUT2D eigenvalue weighted by Gasteiger charge is -2.31. The fraction of sp³-hybridized carbons (Fsp3) is 0.556. The molecule has 17 heavy (non-hydrogen) atoms. The number of amides is 1. The van der Waals surface area contributed by atoms with Crippen LogP contribution in [0.1, 0.15) is 5.82 Å². The molecule has 1 atom stereocenters. The fourth-order valence-corrected chi connectivity index (χ4v) is 1.73. The molecule has 8 heteroatoms. The molecule has 1 aromatic rings. The van der Waals surface area contributed by atoms with E-state index in [0.717, 1.165) is 0 Å². The Morgan fingerprint density at radius 1 is 1.71 bits per heavy atom. The van der Waals surface area contributed by atoms with Crippen molar-refractivity contribution in [3.8, 4) is 0 Å². The van der Waals surface area contributed by atoms with Gasteiger partial charge < -0.3 is 15.0 Å². The van der Waals surface area contributed by atoms with E-state index in [-0.39, 0.29) is 19.0 Å². The summed E-state index contributed by atoms with van der Waals surface area (Å²) in [6.07, 6.45) is 1.54. The van der Waals surface area contributed by atoms with Gasteiger partial charge in [0, 0.05) is 13.6 Å². The number of aliphatic carboxylic acids is 1. The number of hydrogen-bond donors (Lipinski definition) is 2. The number of carbonyl (C=O) groups excluding carboxylic acids is 1. The summed E-state index contributed by atoms with van der Waals surface area (Å²) in [5.74, 6) is -0.497. The second-order valence-electron chi connectivity index (χ2n) is 3.92. The molecule has 0 aliphatic carbocycles. The van der Waals surface area contributed by atoms with Gasteiger partial charge in [-0.1, -0.05) is 0 Å². The highest BCUT2D eigenvalue weighted by atomic mass is 16.4. The smallest absolute Gasteiger partial charge is 0.322 e. The molecule has 0 aromatic carbocycles. The van der Waals surface area contributed by atoms with E-state index in [1.165, 1.54) is 6.33 Å². The average molecular weight is 239 g/mol. The topological polar surface area (TPSA) is 100 Å². The second-order valence-corrected chi connectivity index (χ2v) is 3.92. The number of carboxylic acids is 1. The number of carboxylic acid groups (broad SMARTS) is 1. The van der Waals surface area contributed by atoms with Crippen LogP contribution >= 0.6 is 0 Å². The molecule has 0 saturated carbocycles. The van der Waals surface area contributed by atoms with Crippen LogP contribution < -0.4 is 5.32 Å². The lowest BCUT2D eigenvalue weighted by Crippen LogP contribution is -2.57. The van der Waals surface area contributed by atoms with Crippen LogP contribution in [0.3, 0.4) is 0 Å². The van der Waals surface area contributed by atoms with Gasteiger partial charge in [-0.05, 0) is 0 Å². The van der Waals surface area contributed by atoms with Crippen molar-refractivity contribution in [3.63, 3.8) is 0 Å². The van der Waals surface area contributed by atoms with Crippen molar-refractivity contribution in [1.82, 2.24) is 25.0 Å². The van der Waals surface area contributed by atoms with Crippen LogP contribution in [-0.2, 0) is 23.2 Å². The third-order valence-electron chi connectivity index (χ3n) is 2.71. The summed E-state index contributed by atoms with van der Waals surface area (Å²) in [6.45, 7) is 0.469. The molecule has 1 saturated heterocycles. The standard InChI is InChI=1S/C9H13N5O3/c1-13-5-11-12-7(13)3-14-4-8(15)10-2-6(14)9(16)17/h5-6H,2-4H2,1H3,(H,10,15)(H,16,17). The number of nitrogens with zero attached hydrogens (tertiary/aromatic N) is 4. The van der Waals surface area contributed by atoms with Crippen molar-refractivity contribution < 1.29 is 14.7 Å². The molecule has 1 aromatic heterocycles. The van der Waals surface area contributed by atoms with Crippen LogP contribution in [0.15, 0.2) is 6.33 Å². The van der Waals surface area contributed by atoms with Crippen LogP contribution in [0.4, 0.5) is 0 Å². The Morgan fingerprint density at radius 3 is 3.06 bits per heavy atom. The van der Waals surface area contributed by atoms with Gasteiger partial charge in [-0.15, -0.1) is 10.2 Å². The zero-order chi connectivity index (χ0) is 12.4. The molecule has 2 N–H and O–H groups in total. The van der Waals surface area contributed by atoms with Gasteiger partial charge in [0.25, 0.3) is 0 Å². The minimum atomic E-state index is -0.952. The number of carbonyl (C=O) groups is 2. The number of rotatable bonds is 3. The number of aryl methyl sites for hydroxylation is 1. The largest absolute Gasteiger partial charge is 0.480 e. The van der Waals surface area contributed by atoms with Gasteiger partial charge in [0.1, 0.15) is 18.2 Å². The first kappa shape index (κ1) is 11.5. The Kier molecular flexibility index (Phi) is 3.05. The third-order valence-corrected chi connectivity index (χ3v) is 2.71. The van der Waals surface area contributed by atoms with Crippen molar-refractivity contribution in [3.05, 3.63) is 12.2 Å². The quantitative estimate of drug-likeness (QED) is 0.645. The maximum absolute atomic E-state index is 11.3. The van der Waals surface area contributed by atoms with Gasteiger partial charge in [-0.25, -0.2) is 0 Å². The van der Waals surface area contributed by atoms with Gasteiger partial charge in [0.2, 0.25) is 5.91 Å². The monoisotopic (exact) mass is 239 g/mol. The van der Waals surface area contributed by atoms with E-state index >= 15 is 0 Å².